The van der Waals surface area contributed by atoms with E-state index in [1.165, 1.54) is 32.1 Å². The molecule has 18 heavy (non-hydrogen) atoms. The fourth-order valence-corrected chi connectivity index (χ4v) is 3.08. The van der Waals surface area contributed by atoms with Crippen molar-refractivity contribution in [2.24, 2.45) is 11.8 Å². The van der Waals surface area contributed by atoms with Crippen molar-refractivity contribution >= 4 is 11.6 Å². The Morgan fingerprint density at radius 3 is 3.11 bits per heavy atom. The fourth-order valence-electron chi connectivity index (χ4n) is 2.90. The van der Waals surface area contributed by atoms with Crippen LogP contribution in [0.2, 0.25) is 5.02 Å². The molecule has 2 unspecified atom stereocenters. The number of nitrogens with zero attached hydrogens (tertiary/aromatic N) is 1. The molecule has 0 aliphatic heterocycles. The van der Waals surface area contributed by atoms with Crippen molar-refractivity contribution in [3.05, 3.63) is 29.0 Å². The first-order valence-electron chi connectivity index (χ1n) is 7.05. The molecule has 2 atom stereocenters. The lowest BCUT2D eigenvalue weighted by Crippen LogP contribution is -2.21. The van der Waals surface area contributed by atoms with Gasteiger partial charge in [0, 0.05) is 18.9 Å². The van der Waals surface area contributed by atoms with Crippen LogP contribution in [0.1, 0.15) is 44.6 Å². The van der Waals surface area contributed by atoms with Gasteiger partial charge in [-0.05, 0) is 42.9 Å². The summed E-state index contributed by atoms with van der Waals surface area (Å²) < 4.78 is 0. The van der Waals surface area contributed by atoms with Crippen LogP contribution in [0.4, 0.5) is 0 Å². The highest BCUT2D eigenvalue weighted by molar-refractivity contribution is 6.31. The standard InChI is InChI=1S/C15H23ClN2/c1-12-3-2-4-13(9-12)5-7-17-10-14-6-8-18-11-15(14)16/h6,8,11-13,17H,2-5,7,9-10H2,1H3. The molecule has 0 bridgehead atoms. The molecule has 1 fully saturated rings. The second-order valence-electron chi connectivity index (χ2n) is 5.57. The molecule has 0 saturated heterocycles. The second-order valence-corrected chi connectivity index (χ2v) is 5.98. The van der Waals surface area contributed by atoms with Crippen LogP contribution in [-0.4, -0.2) is 11.5 Å². The van der Waals surface area contributed by atoms with Gasteiger partial charge < -0.3 is 5.32 Å². The lowest BCUT2D eigenvalue weighted by Gasteiger charge is -2.26. The topological polar surface area (TPSA) is 24.9 Å². The maximum Gasteiger partial charge on any atom is 0.0634 e. The van der Waals surface area contributed by atoms with Crippen molar-refractivity contribution in [1.82, 2.24) is 10.3 Å². The maximum absolute atomic E-state index is 6.07. The Balaban J connectivity index is 1.65. The molecule has 100 valence electrons. The van der Waals surface area contributed by atoms with E-state index in [9.17, 15) is 0 Å². The van der Waals surface area contributed by atoms with Crippen molar-refractivity contribution in [3.63, 3.8) is 0 Å². The second kappa shape index (κ2) is 7.10. The molecule has 1 aromatic rings. The molecule has 0 radical (unpaired) electrons. The van der Waals surface area contributed by atoms with Crippen LogP contribution >= 0.6 is 11.6 Å². The van der Waals surface area contributed by atoms with Gasteiger partial charge in [-0.25, -0.2) is 0 Å². The Kier molecular flexibility index (Phi) is 5.45. The number of hydrogen-bond acceptors (Lipinski definition) is 2. The highest BCUT2D eigenvalue weighted by Crippen LogP contribution is 2.30. The van der Waals surface area contributed by atoms with Crippen LogP contribution < -0.4 is 5.32 Å². The van der Waals surface area contributed by atoms with Gasteiger partial charge in [-0.1, -0.05) is 37.8 Å². The zero-order valence-electron chi connectivity index (χ0n) is 11.2. The normalized spacial score (nSPS) is 24.1. The molecule has 2 nitrogen and oxygen atoms in total. The molecular formula is C15H23ClN2. The molecule has 1 aliphatic carbocycles. The van der Waals surface area contributed by atoms with E-state index in [-0.39, 0.29) is 0 Å². The molecule has 1 heterocycles. The van der Waals surface area contributed by atoms with E-state index in [2.05, 4.69) is 17.2 Å². The van der Waals surface area contributed by atoms with Gasteiger partial charge in [0.15, 0.2) is 0 Å². The van der Waals surface area contributed by atoms with E-state index in [0.29, 0.717) is 0 Å². The third-order valence-corrected chi connectivity index (χ3v) is 4.29. The average Bonchev–Trinajstić information content (AvgIpc) is 2.37. The highest BCUT2D eigenvalue weighted by Gasteiger charge is 2.18. The van der Waals surface area contributed by atoms with Crippen LogP contribution in [-0.2, 0) is 6.54 Å². The van der Waals surface area contributed by atoms with Crippen LogP contribution in [0.5, 0.6) is 0 Å². The van der Waals surface area contributed by atoms with E-state index in [1.807, 2.05) is 6.07 Å². The highest BCUT2D eigenvalue weighted by atomic mass is 35.5. The van der Waals surface area contributed by atoms with Gasteiger partial charge in [-0.3, -0.25) is 4.98 Å². The third-order valence-electron chi connectivity index (χ3n) is 3.95. The largest absolute Gasteiger partial charge is 0.313 e. The van der Waals surface area contributed by atoms with E-state index >= 15 is 0 Å². The quantitative estimate of drug-likeness (QED) is 0.814. The lowest BCUT2D eigenvalue weighted by atomic mass is 9.81. The Labute approximate surface area is 115 Å². The van der Waals surface area contributed by atoms with E-state index in [1.54, 1.807) is 12.4 Å². The first kappa shape index (κ1) is 13.8. The number of nitrogens with one attached hydrogen (secondary N) is 1. The Hall–Kier alpha value is -0.600. The number of halogens is 1. The summed E-state index contributed by atoms with van der Waals surface area (Å²) in [6.07, 6.45) is 10.5. The first-order valence-corrected chi connectivity index (χ1v) is 7.42. The summed E-state index contributed by atoms with van der Waals surface area (Å²) in [5.74, 6) is 1.85. The maximum atomic E-state index is 6.07. The average molecular weight is 267 g/mol. The number of rotatable bonds is 5. The summed E-state index contributed by atoms with van der Waals surface area (Å²) in [7, 11) is 0. The summed E-state index contributed by atoms with van der Waals surface area (Å²) in [4.78, 5) is 4.00. The molecule has 0 spiro atoms. The fraction of sp³-hybridized carbons (Fsp3) is 0.667. The minimum Gasteiger partial charge on any atom is -0.313 e. The molecule has 1 saturated carbocycles. The zero-order valence-corrected chi connectivity index (χ0v) is 11.9. The van der Waals surface area contributed by atoms with E-state index in [4.69, 9.17) is 11.6 Å². The van der Waals surface area contributed by atoms with Crippen molar-refractivity contribution < 1.29 is 0 Å². The summed E-state index contributed by atoms with van der Waals surface area (Å²) in [6.45, 7) is 4.33. The van der Waals surface area contributed by atoms with Crippen LogP contribution in [0.15, 0.2) is 18.5 Å². The summed E-state index contributed by atoms with van der Waals surface area (Å²) >= 11 is 6.07. The summed E-state index contributed by atoms with van der Waals surface area (Å²) in [5.41, 5.74) is 1.14. The monoisotopic (exact) mass is 266 g/mol. The molecule has 1 aromatic heterocycles. The molecular weight excluding hydrogens is 244 g/mol. The van der Waals surface area contributed by atoms with Crippen LogP contribution in [0.3, 0.4) is 0 Å². The number of aromatic nitrogens is 1. The number of hydrogen-bond donors (Lipinski definition) is 1. The van der Waals surface area contributed by atoms with Gasteiger partial charge in [0.25, 0.3) is 0 Å². The molecule has 0 aromatic carbocycles. The zero-order chi connectivity index (χ0) is 12.8. The van der Waals surface area contributed by atoms with Gasteiger partial charge in [0.2, 0.25) is 0 Å². The molecule has 1 N–H and O–H groups in total. The molecule has 2 rings (SSSR count). The van der Waals surface area contributed by atoms with Crippen molar-refractivity contribution in [3.8, 4) is 0 Å². The minimum atomic E-state index is 0.760. The summed E-state index contributed by atoms with van der Waals surface area (Å²) in [5, 5.41) is 4.25. The summed E-state index contributed by atoms with van der Waals surface area (Å²) in [6, 6.07) is 1.98. The molecule has 1 aliphatic rings. The SMILES string of the molecule is CC1CCCC(CCNCc2ccncc2Cl)C1. The Bertz CT molecular complexity index is 367. The van der Waals surface area contributed by atoms with Gasteiger partial charge >= 0.3 is 0 Å². The Morgan fingerprint density at radius 1 is 1.44 bits per heavy atom. The van der Waals surface area contributed by atoms with E-state index < -0.39 is 0 Å². The minimum absolute atomic E-state index is 0.760. The predicted octanol–water partition coefficient (Wildman–Crippen LogP) is 4.04. The van der Waals surface area contributed by atoms with Crippen molar-refractivity contribution in [1.29, 1.82) is 0 Å². The van der Waals surface area contributed by atoms with Gasteiger partial charge in [0.05, 0.1) is 5.02 Å². The predicted molar refractivity (Wildman–Crippen MR) is 76.7 cm³/mol. The van der Waals surface area contributed by atoms with E-state index in [0.717, 1.165) is 35.5 Å². The number of pyridine rings is 1. The molecule has 0 amide bonds. The first-order chi connectivity index (χ1) is 8.75. The van der Waals surface area contributed by atoms with Crippen LogP contribution in [0.25, 0.3) is 0 Å². The lowest BCUT2D eigenvalue weighted by molar-refractivity contribution is 0.267. The molecule has 3 heteroatoms. The van der Waals surface area contributed by atoms with Crippen LogP contribution in [0, 0.1) is 11.8 Å². The van der Waals surface area contributed by atoms with Crippen molar-refractivity contribution in [2.45, 2.75) is 45.6 Å². The Morgan fingerprint density at radius 2 is 2.33 bits per heavy atom. The van der Waals surface area contributed by atoms with Gasteiger partial charge in [0.1, 0.15) is 0 Å². The van der Waals surface area contributed by atoms with Gasteiger partial charge in [-0.2, -0.15) is 0 Å². The third kappa shape index (κ3) is 4.25. The smallest absolute Gasteiger partial charge is 0.0634 e. The van der Waals surface area contributed by atoms with Crippen molar-refractivity contribution in [2.75, 3.05) is 6.54 Å². The van der Waals surface area contributed by atoms with Gasteiger partial charge in [-0.15, -0.1) is 0 Å².